The Kier molecular flexibility index (Phi) is 6.19. The predicted octanol–water partition coefficient (Wildman–Crippen LogP) is 2.43. The van der Waals surface area contributed by atoms with Gasteiger partial charge < -0.3 is 14.8 Å². The maximum atomic E-state index is 5.82. The predicted molar refractivity (Wildman–Crippen MR) is 86.1 cm³/mol. The van der Waals surface area contributed by atoms with E-state index in [0.717, 1.165) is 57.4 Å². The van der Waals surface area contributed by atoms with E-state index in [1.165, 1.54) is 3.57 Å². The van der Waals surface area contributed by atoms with Crippen molar-refractivity contribution in [2.24, 2.45) is 0 Å². The van der Waals surface area contributed by atoms with Gasteiger partial charge in [0.25, 0.3) is 0 Å². The quantitative estimate of drug-likeness (QED) is 0.774. The minimum atomic E-state index is 0.728. The van der Waals surface area contributed by atoms with E-state index in [-0.39, 0.29) is 0 Å². The Balaban J connectivity index is 1.80. The highest BCUT2D eigenvalue weighted by Gasteiger charge is 2.10. The van der Waals surface area contributed by atoms with E-state index in [9.17, 15) is 0 Å². The lowest BCUT2D eigenvalue weighted by Crippen LogP contribution is -2.38. The molecule has 0 bridgehead atoms. The summed E-state index contributed by atoms with van der Waals surface area (Å²) in [6.45, 7) is 8.42. The van der Waals surface area contributed by atoms with Crippen molar-refractivity contribution in [3.05, 3.63) is 21.8 Å². The van der Waals surface area contributed by atoms with E-state index in [0.29, 0.717) is 0 Å². The summed E-state index contributed by atoms with van der Waals surface area (Å²) in [5.74, 6) is 0.935. The van der Waals surface area contributed by atoms with Crippen LogP contribution >= 0.6 is 22.6 Å². The van der Waals surface area contributed by atoms with Gasteiger partial charge in [-0.15, -0.1) is 0 Å². The van der Waals surface area contributed by atoms with E-state index in [4.69, 9.17) is 9.47 Å². The van der Waals surface area contributed by atoms with E-state index >= 15 is 0 Å². The highest BCUT2D eigenvalue weighted by Crippen LogP contribution is 2.23. The van der Waals surface area contributed by atoms with Gasteiger partial charge in [-0.05, 0) is 41.6 Å². The molecule has 1 heterocycles. The van der Waals surface area contributed by atoms with Crippen molar-refractivity contribution in [2.75, 3.05) is 51.3 Å². The zero-order valence-corrected chi connectivity index (χ0v) is 13.5. The molecule has 0 radical (unpaired) electrons. The fourth-order valence-corrected chi connectivity index (χ4v) is 2.56. The second-order valence-corrected chi connectivity index (χ2v) is 5.64. The minimum Gasteiger partial charge on any atom is -0.492 e. The summed E-state index contributed by atoms with van der Waals surface area (Å²) in [4.78, 5) is 2.38. The van der Waals surface area contributed by atoms with E-state index in [1.54, 1.807) is 0 Å². The van der Waals surface area contributed by atoms with Crippen molar-refractivity contribution >= 4 is 28.3 Å². The number of ether oxygens (including phenoxy) is 2. The molecule has 1 aromatic carbocycles. The smallest absolute Gasteiger partial charge is 0.121 e. The van der Waals surface area contributed by atoms with Gasteiger partial charge >= 0.3 is 0 Å². The molecule has 19 heavy (non-hydrogen) atoms. The van der Waals surface area contributed by atoms with E-state index in [2.05, 4.69) is 51.9 Å². The minimum absolute atomic E-state index is 0.728. The lowest BCUT2D eigenvalue weighted by molar-refractivity contribution is 0.0322. The number of nitrogens with zero attached hydrogens (tertiary/aromatic N) is 1. The Labute approximate surface area is 128 Å². The Morgan fingerprint density at radius 1 is 1.37 bits per heavy atom. The second kappa shape index (κ2) is 7.91. The topological polar surface area (TPSA) is 33.7 Å². The van der Waals surface area contributed by atoms with Crippen LogP contribution in [0.1, 0.15) is 6.92 Å². The van der Waals surface area contributed by atoms with Crippen molar-refractivity contribution in [2.45, 2.75) is 6.92 Å². The summed E-state index contributed by atoms with van der Waals surface area (Å²) in [7, 11) is 0. The van der Waals surface area contributed by atoms with Crippen LogP contribution in [0.25, 0.3) is 0 Å². The third-order valence-corrected chi connectivity index (χ3v) is 4.03. The first-order valence-electron chi connectivity index (χ1n) is 6.76. The molecule has 0 aliphatic carbocycles. The zero-order valence-electron chi connectivity index (χ0n) is 11.3. The molecular formula is C14H21IN2O2. The average molecular weight is 376 g/mol. The molecule has 0 spiro atoms. The van der Waals surface area contributed by atoms with Crippen LogP contribution in [0.2, 0.25) is 0 Å². The van der Waals surface area contributed by atoms with Gasteiger partial charge in [0.05, 0.1) is 18.9 Å². The van der Waals surface area contributed by atoms with Crippen LogP contribution in [-0.2, 0) is 4.74 Å². The number of hydrogen-bond acceptors (Lipinski definition) is 4. The average Bonchev–Trinajstić information content (AvgIpc) is 2.44. The van der Waals surface area contributed by atoms with Crippen LogP contribution < -0.4 is 10.1 Å². The van der Waals surface area contributed by atoms with Crippen molar-refractivity contribution in [1.82, 2.24) is 4.90 Å². The monoisotopic (exact) mass is 376 g/mol. The molecule has 0 aromatic heterocycles. The van der Waals surface area contributed by atoms with Gasteiger partial charge in [-0.25, -0.2) is 0 Å². The molecule has 1 aliphatic heterocycles. The molecule has 1 N–H and O–H groups in total. The third-order valence-electron chi connectivity index (χ3n) is 3.09. The molecule has 0 amide bonds. The van der Waals surface area contributed by atoms with Gasteiger partial charge in [-0.2, -0.15) is 0 Å². The van der Waals surface area contributed by atoms with Gasteiger partial charge in [0.15, 0.2) is 0 Å². The number of anilines is 1. The SMILES string of the molecule is CCNc1cc(OCCN2CCOCC2)ccc1I. The highest BCUT2D eigenvalue weighted by atomic mass is 127. The molecule has 1 fully saturated rings. The molecule has 5 heteroatoms. The zero-order chi connectivity index (χ0) is 13.5. The normalized spacial score (nSPS) is 16.3. The summed E-state index contributed by atoms with van der Waals surface area (Å²) in [5, 5.41) is 3.34. The summed E-state index contributed by atoms with van der Waals surface area (Å²) in [6.07, 6.45) is 0. The van der Waals surface area contributed by atoms with Gasteiger partial charge in [-0.1, -0.05) is 0 Å². The summed E-state index contributed by atoms with van der Waals surface area (Å²) in [6, 6.07) is 6.19. The molecule has 2 rings (SSSR count). The van der Waals surface area contributed by atoms with Crippen LogP contribution in [0, 0.1) is 3.57 Å². The molecule has 1 aliphatic rings. The Morgan fingerprint density at radius 2 is 2.16 bits per heavy atom. The molecule has 1 aromatic rings. The molecule has 4 nitrogen and oxygen atoms in total. The number of morpholine rings is 1. The van der Waals surface area contributed by atoms with Crippen molar-refractivity contribution in [3.63, 3.8) is 0 Å². The van der Waals surface area contributed by atoms with Crippen LogP contribution in [0.5, 0.6) is 5.75 Å². The van der Waals surface area contributed by atoms with Crippen LogP contribution in [0.3, 0.4) is 0 Å². The highest BCUT2D eigenvalue weighted by molar-refractivity contribution is 14.1. The standard InChI is InChI=1S/C14H21IN2O2/c1-2-16-14-11-12(3-4-13(14)15)19-10-7-17-5-8-18-9-6-17/h3-4,11,16H,2,5-10H2,1H3. The van der Waals surface area contributed by atoms with Crippen LogP contribution in [-0.4, -0.2) is 50.9 Å². The number of hydrogen-bond donors (Lipinski definition) is 1. The largest absolute Gasteiger partial charge is 0.492 e. The van der Waals surface area contributed by atoms with E-state index in [1.807, 2.05) is 6.07 Å². The summed E-state index contributed by atoms with van der Waals surface area (Å²) >= 11 is 2.33. The lowest BCUT2D eigenvalue weighted by atomic mass is 10.3. The van der Waals surface area contributed by atoms with Crippen LogP contribution in [0.15, 0.2) is 18.2 Å². The molecule has 1 saturated heterocycles. The van der Waals surface area contributed by atoms with Crippen molar-refractivity contribution < 1.29 is 9.47 Å². The number of benzene rings is 1. The second-order valence-electron chi connectivity index (χ2n) is 4.47. The first kappa shape index (κ1) is 14.9. The third kappa shape index (κ3) is 4.81. The first-order valence-corrected chi connectivity index (χ1v) is 7.84. The molecule has 0 unspecified atom stereocenters. The molecule has 0 atom stereocenters. The van der Waals surface area contributed by atoms with Gasteiger partial charge in [0.1, 0.15) is 12.4 Å². The maximum absolute atomic E-state index is 5.82. The number of rotatable bonds is 6. The first-order chi connectivity index (χ1) is 9.29. The van der Waals surface area contributed by atoms with Gasteiger partial charge in [0.2, 0.25) is 0 Å². The number of halogens is 1. The molecule has 106 valence electrons. The van der Waals surface area contributed by atoms with Gasteiger partial charge in [-0.3, -0.25) is 4.90 Å². The molecular weight excluding hydrogens is 355 g/mol. The van der Waals surface area contributed by atoms with Crippen LogP contribution in [0.4, 0.5) is 5.69 Å². The Bertz CT molecular complexity index is 395. The van der Waals surface area contributed by atoms with E-state index < -0.39 is 0 Å². The number of nitrogens with one attached hydrogen (secondary N) is 1. The molecule has 0 saturated carbocycles. The Morgan fingerprint density at radius 3 is 2.89 bits per heavy atom. The summed E-state index contributed by atoms with van der Waals surface area (Å²) in [5.41, 5.74) is 1.15. The van der Waals surface area contributed by atoms with Crippen molar-refractivity contribution in [1.29, 1.82) is 0 Å². The van der Waals surface area contributed by atoms with Gasteiger partial charge in [0, 0.05) is 35.8 Å². The summed E-state index contributed by atoms with van der Waals surface area (Å²) < 4.78 is 12.4. The maximum Gasteiger partial charge on any atom is 0.121 e. The Hall–Kier alpha value is -0.530. The lowest BCUT2D eigenvalue weighted by Gasteiger charge is -2.26. The fraction of sp³-hybridized carbons (Fsp3) is 0.571. The van der Waals surface area contributed by atoms with Crippen molar-refractivity contribution in [3.8, 4) is 5.75 Å². The fourth-order valence-electron chi connectivity index (χ4n) is 2.04.